The van der Waals surface area contributed by atoms with E-state index >= 15 is 0 Å². The molecule has 0 heterocycles. The second-order valence-electron chi connectivity index (χ2n) is 6.39. The third-order valence-electron chi connectivity index (χ3n) is 4.50. The molecule has 1 saturated carbocycles. The minimum Gasteiger partial charge on any atom is -0.449 e. The summed E-state index contributed by atoms with van der Waals surface area (Å²) in [5, 5.41) is 2.96. The van der Waals surface area contributed by atoms with Gasteiger partial charge in [-0.3, -0.25) is 4.79 Å². The first-order valence-corrected chi connectivity index (χ1v) is 8.16. The average Bonchev–Trinajstić information content (AvgIpc) is 2.52. The maximum Gasteiger partial charge on any atom is 0.339 e. The van der Waals surface area contributed by atoms with Crippen LogP contribution in [-0.4, -0.2) is 24.0 Å². The van der Waals surface area contributed by atoms with Gasteiger partial charge in [-0.05, 0) is 50.3 Å². The molecule has 126 valence electrons. The molecule has 0 aliphatic heterocycles. The summed E-state index contributed by atoms with van der Waals surface area (Å²) in [7, 11) is 0. The predicted octanol–water partition coefficient (Wildman–Crippen LogP) is 3.37. The Morgan fingerprint density at radius 1 is 1.30 bits per heavy atom. The summed E-state index contributed by atoms with van der Waals surface area (Å²) < 4.78 is 18.7. The molecule has 0 saturated heterocycles. The van der Waals surface area contributed by atoms with Crippen molar-refractivity contribution in [3.05, 3.63) is 35.1 Å². The molecule has 0 unspecified atom stereocenters. The van der Waals surface area contributed by atoms with Gasteiger partial charge < -0.3 is 10.1 Å². The number of carbonyl (C=O) groups is 2. The molecule has 1 aliphatic rings. The van der Waals surface area contributed by atoms with Crippen LogP contribution in [0.1, 0.15) is 55.5 Å². The second-order valence-corrected chi connectivity index (χ2v) is 6.39. The van der Waals surface area contributed by atoms with Crippen molar-refractivity contribution < 1.29 is 18.7 Å². The number of nitrogens with one attached hydrogen (secondary N) is 1. The summed E-state index contributed by atoms with van der Waals surface area (Å²) >= 11 is 0. The van der Waals surface area contributed by atoms with Crippen LogP contribution in [0.2, 0.25) is 0 Å². The van der Waals surface area contributed by atoms with Crippen molar-refractivity contribution in [1.29, 1.82) is 0 Å². The van der Waals surface area contributed by atoms with Crippen LogP contribution in [0.5, 0.6) is 0 Å². The molecule has 5 heteroatoms. The van der Waals surface area contributed by atoms with E-state index in [0.717, 1.165) is 25.3 Å². The van der Waals surface area contributed by atoms with Gasteiger partial charge in [-0.1, -0.05) is 25.8 Å². The summed E-state index contributed by atoms with van der Waals surface area (Å²) in [6.07, 6.45) is 3.45. The number of esters is 1. The highest BCUT2D eigenvalue weighted by Gasteiger charge is 2.26. The lowest BCUT2D eigenvalue weighted by Gasteiger charge is -2.30. The summed E-state index contributed by atoms with van der Waals surface area (Å²) in [6.45, 7) is 5.27. The van der Waals surface area contributed by atoms with E-state index in [1.165, 1.54) is 25.5 Å². The van der Waals surface area contributed by atoms with E-state index in [1.54, 1.807) is 6.92 Å². The van der Waals surface area contributed by atoms with E-state index < -0.39 is 17.9 Å². The summed E-state index contributed by atoms with van der Waals surface area (Å²) in [5.41, 5.74) is 0.567. The third-order valence-corrected chi connectivity index (χ3v) is 4.50. The van der Waals surface area contributed by atoms with Gasteiger partial charge in [-0.2, -0.15) is 0 Å². The van der Waals surface area contributed by atoms with Crippen molar-refractivity contribution in [3.63, 3.8) is 0 Å². The van der Waals surface area contributed by atoms with Gasteiger partial charge in [0.15, 0.2) is 6.10 Å². The van der Waals surface area contributed by atoms with Gasteiger partial charge in [-0.15, -0.1) is 0 Å². The van der Waals surface area contributed by atoms with Gasteiger partial charge in [0.25, 0.3) is 5.91 Å². The SMILES string of the molecule is Cc1ccc(C(=O)O[C@@H](C)C(=O)N[C@H]2CCCC[C@@H]2C)cc1F. The van der Waals surface area contributed by atoms with Gasteiger partial charge >= 0.3 is 5.97 Å². The number of benzene rings is 1. The van der Waals surface area contributed by atoms with Crippen LogP contribution < -0.4 is 5.32 Å². The van der Waals surface area contributed by atoms with Crippen molar-refractivity contribution in [2.24, 2.45) is 5.92 Å². The second kappa shape index (κ2) is 7.57. The van der Waals surface area contributed by atoms with Crippen LogP contribution in [0.3, 0.4) is 0 Å². The van der Waals surface area contributed by atoms with Crippen molar-refractivity contribution >= 4 is 11.9 Å². The van der Waals surface area contributed by atoms with Gasteiger partial charge in [0, 0.05) is 6.04 Å². The number of carbonyl (C=O) groups excluding carboxylic acids is 2. The highest BCUT2D eigenvalue weighted by molar-refractivity contribution is 5.92. The van der Waals surface area contributed by atoms with Gasteiger partial charge in [0.2, 0.25) is 0 Å². The maximum absolute atomic E-state index is 13.5. The Kier molecular flexibility index (Phi) is 5.74. The molecule has 0 bridgehead atoms. The van der Waals surface area contributed by atoms with Crippen molar-refractivity contribution in [2.45, 2.75) is 58.6 Å². The quantitative estimate of drug-likeness (QED) is 0.865. The summed E-state index contributed by atoms with van der Waals surface area (Å²) in [4.78, 5) is 24.2. The Hall–Kier alpha value is -1.91. The first-order valence-electron chi connectivity index (χ1n) is 8.16. The molecular weight excluding hydrogens is 297 g/mol. The van der Waals surface area contributed by atoms with Gasteiger partial charge in [0.1, 0.15) is 5.82 Å². The van der Waals surface area contributed by atoms with E-state index in [9.17, 15) is 14.0 Å². The molecule has 1 N–H and O–H groups in total. The molecule has 1 aromatic rings. The number of halogens is 1. The molecule has 1 amide bonds. The van der Waals surface area contributed by atoms with E-state index in [-0.39, 0.29) is 17.5 Å². The Labute approximate surface area is 136 Å². The minimum atomic E-state index is -0.902. The number of ether oxygens (including phenoxy) is 1. The van der Waals surface area contributed by atoms with Crippen molar-refractivity contribution in [3.8, 4) is 0 Å². The van der Waals surface area contributed by atoms with Crippen LogP contribution in [0, 0.1) is 18.7 Å². The lowest BCUT2D eigenvalue weighted by molar-refractivity contribution is -0.130. The van der Waals surface area contributed by atoms with Crippen LogP contribution in [0.4, 0.5) is 4.39 Å². The fraction of sp³-hybridized carbons (Fsp3) is 0.556. The lowest BCUT2D eigenvalue weighted by atomic mass is 9.86. The normalized spacial score (nSPS) is 22.3. The fourth-order valence-electron chi connectivity index (χ4n) is 2.83. The molecule has 2 rings (SSSR count). The minimum absolute atomic E-state index is 0.110. The number of amides is 1. The fourth-order valence-corrected chi connectivity index (χ4v) is 2.83. The number of hydrogen-bond donors (Lipinski definition) is 1. The smallest absolute Gasteiger partial charge is 0.339 e. The summed E-state index contributed by atoms with van der Waals surface area (Å²) in [5.74, 6) is -1.03. The molecule has 1 fully saturated rings. The van der Waals surface area contributed by atoms with Crippen molar-refractivity contribution in [1.82, 2.24) is 5.32 Å². The molecule has 23 heavy (non-hydrogen) atoms. The van der Waals surface area contributed by atoms with E-state index in [4.69, 9.17) is 4.74 Å². The average molecular weight is 321 g/mol. The van der Waals surface area contributed by atoms with E-state index in [1.807, 2.05) is 0 Å². The highest BCUT2D eigenvalue weighted by atomic mass is 19.1. The standard InChI is InChI=1S/C18H24FNO3/c1-11-8-9-14(10-15(11)19)18(22)23-13(3)17(21)20-16-7-5-4-6-12(16)2/h8-10,12-13,16H,4-7H2,1-3H3,(H,20,21)/t12-,13-,16-/m0/s1. The molecule has 0 spiro atoms. The van der Waals surface area contributed by atoms with Crippen molar-refractivity contribution in [2.75, 3.05) is 0 Å². The number of aryl methyl sites for hydroxylation is 1. The van der Waals surface area contributed by atoms with Crippen LogP contribution in [-0.2, 0) is 9.53 Å². The Morgan fingerprint density at radius 3 is 2.65 bits per heavy atom. The van der Waals surface area contributed by atoms with Gasteiger partial charge in [0.05, 0.1) is 5.56 Å². The largest absolute Gasteiger partial charge is 0.449 e. The molecule has 4 nitrogen and oxygen atoms in total. The molecule has 1 aromatic carbocycles. The molecule has 0 radical (unpaired) electrons. The third kappa shape index (κ3) is 4.53. The maximum atomic E-state index is 13.5. The Morgan fingerprint density at radius 2 is 2.00 bits per heavy atom. The molecule has 1 aliphatic carbocycles. The molecular formula is C18H24FNO3. The topological polar surface area (TPSA) is 55.4 Å². The lowest BCUT2D eigenvalue weighted by Crippen LogP contribution is -2.46. The van der Waals surface area contributed by atoms with Crippen LogP contribution in [0.15, 0.2) is 18.2 Å². The van der Waals surface area contributed by atoms with E-state index in [0.29, 0.717) is 11.5 Å². The Bertz CT molecular complexity index is 588. The predicted molar refractivity (Wildman–Crippen MR) is 85.6 cm³/mol. The number of hydrogen-bond acceptors (Lipinski definition) is 3. The highest BCUT2D eigenvalue weighted by Crippen LogP contribution is 2.23. The van der Waals surface area contributed by atoms with Crippen LogP contribution in [0.25, 0.3) is 0 Å². The first-order chi connectivity index (χ1) is 10.9. The zero-order chi connectivity index (χ0) is 17.0. The van der Waals surface area contributed by atoms with Gasteiger partial charge in [-0.25, -0.2) is 9.18 Å². The Balaban J connectivity index is 1.92. The zero-order valence-electron chi connectivity index (χ0n) is 13.9. The summed E-state index contributed by atoms with van der Waals surface area (Å²) in [6, 6.07) is 4.27. The number of rotatable bonds is 4. The molecule has 3 atom stereocenters. The van der Waals surface area contributed by atoms with E-state index in [2.05, 4.69) is 12.2 Å². The molecule has 0 aromatic heterocycles. The van der Waals surface area contributed by atoms with Crippen LogP contribution >= 0.6 is 0 Å². The zero-order valence-corrected chi connectivity index (χ0v) is 13.9. The first kappa shape index (κ1) is 17.4. The monoisotopic (exact) mass is 321 g/mol.